The molecule has 1 aromatic carbocycles. The molecule has 0 spiro atoms. The number of carbonyl (C=O) groups excluding carboxylic acids is 2. The van der Waals surface area contributed by atoms with Gasteiger partial charge in [-0.05, 0) is 19.9 Å². The van der Waals surface area contributed by atoms with Crippen LogP contribution in [0.1, 0.15) is 20.3 Å². The maximum atomic E-state index is 12.1. The number of hydrogen-bond acceptors (Lipinski definition) is 6. The molecule has 128 valence electrons. The van der Waals surface area contributed by atoms with Crippen molar-refractivity contribution < 1.29 is 14.5 Å². The molecule has 1 N–H and O–H groups in total. The van der Waals surface area contributed by atoms with E-state index in [1.165, 1.54) is 30.0 Å². The largest absolute Gasteiger partial charge is 0.352 e. The molecule has 1 atom stereocenters. The van der Waals surface area contributed by atoms with Crippen molar-refractivity contribution in [2.24, 2.45) is 4.99 Å². The van der Waals surface area contributed by atoms with E-state index in [1.807, 2.05) is 18.7 Å². The highest BCUT2D eigenvalue weighted by atomic mass is 32.2. The number of thioether (sulfide) groups is 1. The van der Waals surface area contributed by atoms with Crippen LogP contribution in [0.2, 0.25) is 0 Å². The summed E-state index contributed by atoms with van der Waals surface area (Å²) >= 11 is 1.28. The fraction of sp³-hybridized carbons (Fsp3) is 0.400. The third-order valence-corrected chi connectivity index (χ3v) is 4.69. The molecule has 24 heavy (non-hydrogen) atoms. The number of anilines is 1. The van der Waals surface area contributed by atoms with Crippen LogP contribution in [0.3, 0.4) is 0 Å². The topological polar surface area (TPSA) is 105 Å². The predicted octanol–water partition coefficient (Wildman–Crippen LogP) is 2.26. The highest BCUT2D eigenvalue weighted by Gasteiger charge is 2.32. The molecule has 1 aliphatic heterocycles. The summed E-state index contributed by atoms with van der Waals surface area (Å²) in [7, 11) is 0. The van der Waals surface area contributed by atoms with Gasteiger partial charge in [0.2, 0.25) is 5.91 Å². The van der Waals surface area contributed by atoms with Crippen LogP contribution >= 0.6 is 11.8 Å². The normalized spacial score (nSPS) is 16.7. The van der Waals surface area contributed by atoms with Crippen molar-refractivity contribution in [3.8, 4) is 0 Å². The number of amides is 2. The summed E-state index contributed by atoms with van der Waals surface area (Å²) in [6.45, 7) is 5.42. The van der Waals surface area contributed by atoms with Crippen molar-refractivity contribution in [2.45, 2.75) is 25.5 Å². The van der Waals surface area contributed by atoms with E-state index in [1.54, 1.807) is 6.07 Å². The van der Waals surface area contributed by atoms with Gasteiger partial charge >= 0.3 is 0 Å². The van der Waals surface area contributed by atoms with E-state index in [0.717, 1.165) is 13.1 Å². The first-order chi connectivity index (χ1) is 11.4. The first kappa shape index (κ1) is 17.9. The second-order valence-electron chi connectivity index (χ2n) is 5.07. The standard InChI is InChI=1S/C15H18N4O4S/c1-3-18(4-2)15-17-14(21)12(24-15)9-13(20)16-10-6-5-7-11(8-10)19(22)23/h5-8,12H,3-4,9H2,1-2H3,(H,16,20)/t12-/m0/s1. The zero-order valence-electron chi connectivity index (χ0n) is 13.4. The van der Waals surface area contributed by atoms with Gasteiger partial charge in [0.15, 0.2) is 5.17 Å². The van der Waals surface area contributed by atoms with Crippen molar-refractivity contribution in [3.63, 3.8) is 0 Å². The van der Waals surface area contributed by atoms with Gasteiger partial charge < -0.3 is 10.2 Å². The lowest BCUT2D eigenvalue weighted by Crippen LogP contribution is -2.27. The van der Waals surface area contributed by atoms with Crippen molar-refractivity contribution >= 4 is 40.1 Å². The van der Waals surface area contributed by atoms with E-state index in [2.05, 4.69) is 10.3 Å². The molecular formula is C15H18N4O4S. The van der Waals surface area contributed by atoms with E-state index >= 15 is 0 Å². The SMILES string of the molecule is CCN(CC)C1=NC(=O)[C@H](CC(=O)Nc2cccc([N+](=O)[O-])c2)S1. The number of nitrogens with one attached hydrogen (secondary N) is 1. The zero-order chi connectivity index (χ0) is 17.7. The Kier molecular flexibility index (Phi) is 5.91. The fourth-order valence-corrected chi connectivity index (χ4v) is 3.41. The molecule has 0 radical (unpaired) electrons. The molecular weight excluding hydrogens is 332 g/mol. The predicted molar refractivity (Wildman–Crippen MR) is 93.1 cm³/mol. The van der Waals surface area contributed by atoms with Crippen molar-refractivity contribution in [3.05, 3.63) is 34.4 Å². The maximum absolute atomic E-state index is 12.1. The van der Waals surface area contributed by atoms with E-state index in [9.17, 15) is 19.7 Å². The van der Waals surface area contributed by atoms with Crippen LogP contribution in [0.25, 0.3) is 0 Å². The first-order valence-electron chi connectivity index (χ1n) is 7.53. The number of benzene rings is 1. The lowest BCUT2D eigenvalue weighted by molar-refractivity contribution is -0.384. The van der Waals surface area contributed by atoms with Crippen molar-refractivity contribution in [1.29, 1.82) is 0 Å². The molecule has 9 heteroatoms. The van der Waals surface area contributed by atoms with Gasteiger partial charge in [-0.3, -0.25) is 19.7 Å². The van der Waals surface area contributed by atoms with E-state index < -0.39 is 10.2 Å². The van der Waals surface area contributed by atoms with Crippen LogP contribution in [0.15, 0.2) is 29.3 Å². The van der Waals surface area contributed by atoms with Crippen LogP contribution in [0, 0.1) is 10.1 Å². The van der Waals surface area contributed by atoms with Gasteiger partial charge in [-0.2, -0.15) is 4.99 Å². The minimum atomic E-state index is -0.556. The van der Waals surface area contributed by atoms with Crippen molar-refractivity contribution in [1.82, 2.24) is 4.90 Å². The highest BCUT2D eigenvalue weighted by molar-refractivity contribution is 8.15. The Hall–Kier alpha value is -2.42. The summed E-state index contributed by atoms with van der Waals surface area (Å²) in [5.74, 6) is -0.701. The average Bonchev–Trinajstić information content (AvgIpc) is 2.89. The smallest absolute Gasteiger partial charge is 0.271 e. The number of hydrogen-bond donors (Lipinski definition) is 1. The molecule has 1 heterocycles. The summed E-state index contributed by atoms with van der Waals surface area (Å²) in [4.78, 5) is 40.2. The molecule has 0 saturated heterocycles. The van der Waals surface area contributed by atoms with E-state index in [4.69, 9.17) is 0 Å². The number of non-ortho nitro benzene ring substituents is 1. The number of amidine groups is 1. The molecule has 0 bridgehead atoms. The summed E-state index contributed by atoms with van der Waals surface area (Å²) in [5, 5.41) is 13.4. The molecule has 2 rings (SSSR count). The highest BCUT2D eigenvalue weighted by Crippen LogP contribution is 2.27. The van der Waals surface area contributed by atoms with Crippen LogP contribution in [-0.2, 0) is 9.59 Å². The summed E-state index contributed by atoms with van der Waals surface area (Å²) < 4.78 is 0. The molecule has 0 unspecified atom stereocenters. The third kappa shape index (κ3) is 4.31. The van der Waals surface area contributed by atoms with Gasteiger partial charge in [-0.15, -0.1) is 0 Å². The molecule has 0 aromatic heterocycles. The summed E-state index contributed by atoms with van der Waals surface area (Å²) in [6.07, 6.45) is -0.0273. The van der Waals surface area contributed by atoms with Gasteiger partial charge in [0, 0.05) is 37.3 Å². The summed E-state index contributed by atoms with van der Waals surface area (Å²) in [6, 6.07) is 5.67. The van der Waals surface area contributed by atoms with E-state index in [0.29, 0.717) is 10.9 Å². The number of carbonyl (C=O) groups is 2. The molecule has 2 amide bonds. The first-order valence-corrected chi connectivity index (χ1v) is 8.41. The van der Waals surface area contributed by atoms with Gasteiger partial charge in [-0.25, -0.2) is 0 Å². The molecule has 1 aliphatic rings. The van der Waals surface area contributed by atoms with E-state index in [-0.39, 0.29) is 23.9 Å². The van der Waals surface area contributed by atoms with Gasteiger partial charge in [-0.1, -0.05) is 17.8 Å². The monoisotopic (exact) mass is 350 g/mol. The number of aliphatic imine (C=N–C) groups is 1. The molecule has 0 saturated carbocycles. The lowest BCUT2D eigenvalue weighted by Gasteiger charge is -2.19. The van der Waals surface area contributed by atoms with Gasteiger partial charge in [0.25, 0.3) is 11.6 Å². The minimum Gasteiger partial charge on any atom is -0.352 e. The maximum Gasteiger partial charge on any atom is 0.271 e. The average molecular weight is 350 g/mol. The Morgan fingerprint density at radius 1 is 1.42 bits per heavy atom. The molecule has 1 aromatic rings. The third-order valence-electron chi connectivity index (χ3n) is 3.47. The summed E-state index contributed by atoms with van der Waals surface area (Å²) in [5.41, 5.74) is 0.223. The van der Waals surface area contributed by atoms with Gasteiger partial charge in [0.05, 0.1) is 4.92 Å². The van der Waals surface area contributed by atoms with Crippen LogP contribution in [0.4, 0.5) is 11.4 Å². The van der Waals surface area contributed by atoms with Crippen LogP contribution in [0.5, 0.6) is 0 Å². The zero-order valence-corrected chi connectivity index (χ0v) is 14.2. The number of rotatable bonds is 6. The Balaban J connectivity index is 1.95. The quantitative estimate of drug-likeness (QED) is 0.623. The Morgan fingerprint density at radius 3 is 2.75 bits per heavy atom. The fourth-order valence-electron chi connectivity index (χ4n) is 2.22. The second-order valence-corrected chi connectivity index (χ2v) is 6.24. The molecule has 0 aliphatic carbocycles. The molecule has 8 nitrogen and oxygen atoms in total. The van der Waals surface area contributed by atoms with Crippen LogP contribution < -0.4 is 5.32 Å². The Bertz CT molecular complexity index is 688. The lowest BCUT2D eigenvalue weighted by atomic mass is 10.2. The Labute approximate surface area is 143 Å². The van der Waals surface area contributed by atoms with Crippen molar-refractivity contribution in [2.75, 3.05) is 18.4 Å². The second kappa shape index (κ2) is 7.91. The van der Waals surface area contributed by atoms with Crippen LogP contribution in [-0.4, -0.2) is 45.1 Å². The Morgan fingerprint density at radius 2 is 2.12 bits per heavy atom. The van der Waals surface area contributed by atoms with Gasteiger partial charge in [0.1, 0.15) is 5.25 Å². The minimum absolute atomic E-state index is 0.0273. The number of nitro benzene ring substituents is 1. The number of nitrogens with zero attached hydrogens (tertiary/aromatic N) is 3. The molecule has 0 fully saturated rings. The number of nitro groups is 1.